The maximum atomic E-state index is 12.8. The smallest absolute Gasteiger partial charge is 0.251 e. The van der Waals surface area contributed by atoms with Crippen LogP contribution in [0.15, 0.2) is 42.5 Å². The summed E-state index contributed by atoms with van der Waals surface area (Å²) in [6, 6.07) is 14.4. The fourth-order valence-electron chi connectivity index (χ4n) is 4.82. The second kappa shape index (κ2) is 10.4. The predicted octanol–water partition coefficient (Wildman–Crippen LogP) is 5.16. The number of halogens is 2. The van der Waals surface area contributed by atoms with Gasteiger partial charge in [-0.3, -0.25) is 14.6 Å². The zero-order valence-electron chi connectivity index (χ0n) is 18.1. The Morgan fingerprint density at radius 3 is 2.39 bits per heavy atom. The summed E-state index contributed by atoms with van der Waals surface area (Å²) in [5.41, 5.74) is 3.12. The van der Waals surface area contributed by atoms with Gasteiger partial charge in [0.1, 0.15) is 0 Å². The minimum Gasteiger partial charge on any atom is -0.348 e. The number of nitrogens with one attached hydrogen (secondary N) is 1. The average molecular weight is 460 g/mol. The summed E-state index contributed by atoms with van der Waals surface area (Å²) in [6.07, 6.45) is 4.65. The predicted molar refractivity (Wildman–Crippen MR) is 128 cm³/mol. The number of carbonyl (C=O) groups excluding carboxylic acids is 1. The molecule has 2 atom stereocenters. The first-order chi connectivity index (χ1) is 15.0. The first-order valence-corrected chi connectivity index (χ1v) is 12.0. The molecule has 6 heteroatoms. The van der Waals surface area contributed by atoms with Crippen molar-refractivity contribution in [3.8, 4) is 0 Å². The van der Waals surface area contributed by atoms with Crippen molar-refractivity contribution in [1.82, 2.24) is 15.1 Å². The maximum absolute atomic E-state index is 12.8. The summed E-state index contributed by atoms with van der Waals surface area (Å²) in [5.74, 6) is 0.0511. The highest BCUT2D eigenvalue weighted by Gasteiger charge is 2.33. The molecule has 0 aromatic heterocycles. The molecule has 2 unspecified atom stereocenters. The van der Waals surface area contributed by atoms with Crippen molar-refractivity contribution < 1.29 is 4.79 Å². The van der Waals surface area contributed by atoms with Crippen LogP contribution in [-0.2, 0) is 6.54 Å². The molecule has 0 spiro atoms. The first-order valence-electron chi connectivity index (χ1n) is 11.3. The number of hydrogen-bond donors (Lipinski definition) is 1. The number of hydrogen-bond acceptors (Lipinski definition) is 3. The van der Waals surface area contributed by atoms with Gasteiger partial charge in [-0.1, -0.05) is 59.8 Å². The van der Waals surface area contributed by atoms with Crippen molar-refractivity contribution >= 4 is 29.1 Å². The number of rotatable bonds is 5. The number of piperazine rings is 1. The van der Waals surface area contributed by atoms with Crippen molar-refractivity contribution in [2.75, 3.05) is 26.2 Å². The van der Waals surface area contributed by atoms with Crippen molar-refractivity contribution in [2.24, 2.45) is 0 Å². The van der Waals surface area contributed by atoms with E-state index in [9.17, 15) is 4.79 Å². The van der Waals surface area contributed by atoms with Crippen LogP contribution in [0.5, 0.6) is 0 Å². The highest BCUT2D eigenvalue weighted by atomic mass is 35.5. The van der Waals surface area contributed by atoms with Crippen LogP contribution in [0.2, 0.25) is 10.0 Å². The van der Waals surface area contributed by atoms with Gasteiger partial charge in [0.05, 0.1) is 10.0 Å². The Morgan fingerprint density at radius 1 is 0.968 bits per heavy atom. The second-order valence-corrected chi connectivity index (χ2v) is 9.67. The molecule has 2 fully saturated rings. The van der Waals surface area contributed by atoms with Gasteiger partial charge < -0.3 is 5.32 Å². The molecule has 4 nitrogen and oxygen atoms in total. The van der Waals surface area contributed by atoms with E-state index in [2.05, 4.69) is 21.2 Å². The molecule has 1 amide bonds. The monoisotopic (exact) mass is 459 g/mol. The molecule has 2 aromatic rings. The number of aryl methyl sites for hydroxylation is 1. The number of benzene rings is 2. The zero-order valence-corrected chi connectivity index (χ0v) is 19.6. The molecule has 166 valence electrons. The van der Waals surface area contributed by atoms with Crippen LogP contribution < -0.4 is 5.32 Å². The van der Waals surface area contributed by atoms with Gasteiger partial charge in [-0.15, -0.1) is 0 Å². The molecule has 2 aliphatic rings. The van der Waals surface area contributed by atoms with E-state index < -0.39 is 0 Å². The van der Waals surface area contributed by atoms with Gasteiger partial charge in [0.15, 0.2) is 0 Å². The van der Waals surface area contributed by atoms with Gasteiger partial charge in [-0.2, -0.15) is 0 Å². The maximum Gasteiger partial charge on any atom is 0.251 e. The molecule has 2 aromatic carbocycles. The van der Waals surface area contributed by atoms with Crippen LogP contribution in [0, 0.1) is 6.92 Å². The third kappa shape index (κ3) is 5.81. The fraction of sp³-hybridized carbons (Fsp3) is 0.480. The van der Waals surface area contributed by atoms with Gasteiger partial charge >= 0.3 is 0 Å². The summed E-state index contributed by atoms with van der Waals surface area (Å²) in [5, 5.41) is 4.56. The molecule has 1 saturated carbocycles. The molecule has 1 heterocycles. The molecule has 0 bridgehead atoms. The molecule has 1 N–H and O–H groups in total. The molecular formula is C25H31Cl2N3O. The third-order valence-corrected chi connectivity index (χ3v) is 7.36. The van der Waals surface area contributed by atoms with E-state index >= 15 is 0 Å². The van der Waals surface area contributed by atoms with Crippen LogP contribution >= 0.6 is 23.2 Å². The first kappa shape index (κ1) is 22.6. The van der Waals surface area contributed by atoms with Gasteiger partial charge in [-0.25, -0.2) is 0 Å². The molecule has 1 aliphatic heterocycles. The topological polar surface area (TPSA) is 35.6 Å². The largest absolute Gasteiger partial charge is 0.348 e. The Kier molecular flexibility index (Phi) is 7.55. The van der Waals surface area contributed by atoms with E-state index in [0.717, 1.165) is 51.1 Å². The van der Waals surface area contributed by atoms with Crippen molar-refractivity contribution in [3.63, 3.8) is 0 Å². The number of carbonyl (C=O) groups is 1. The van der Waals surface area contributed by atoms with E-state index in [1.165, 1.54) is 24.0 Å². The lowest BCUT2D eigenvalue weighted by Crippen LogP contribution is -2.58. The summed E-state index contributed by atoms with van der Waals surface area (Å²) in [4.78, 5) is 17.9. The molecule has 1 aliphatic carbocycles. The van der Waals surface area contributed by atoms with E-state index in [1.807, 2.05) is 43.3 Å². The SMILES string of the molecule is Cc1ccc(C(=O)NC2CCCCC2N2CCN(Cc3ccc(Cl)c(Cl)c3)CC2)cc1. The fourth-order valence-corrected chi connectivity index (χ4v) is 5.14. The van der Waals surface area contributed by atoms with E-state index in [0.29, 0.717) is 16.1 Å². The highest BCUT2D eigenvalue weighted by Crippen LogP contribution is 2.26. The molecule has 1 saturated heterocycles. The Labute approximate surface area is 195 Å². The molecule has 4 rings (SSSR count). The zero-order chi connectivity index (χ0) is 21.8. The lowest BCUT2D eigenvalue weighted by Gasteiger charge is -2.44. The Morgan fingerprint density at radius 2 is 1.68 bits per heavy atom. The van der Waals surface area contributed by atoms with Crippen LogP contribution in [0.1, 0.15) is 47.2 Å². The van der Waals surface area contributed by atoms with Gasteiger partial charge in [0, 0.05) is 50.4 Å². The van der Waals surface area contributed by atoms with Gasteiger partial charge in [-0.05, 0) is 49.6 Å². The molecule has 0 radical (unpaired) electrons. The van der Waals surface area contributed by atoms with Crippen LogP contribution in [0.25, 0.3) is 0 Å². The normalized spacial score (nSPS) is 22.9. The Bertz CT molecular complexity index is 894. The average Bonchev–Trinajstić information content (AvgIpc) is 2.78. The van der Waals surface area contributed by atoms with Crippen LogP contribution in [0.3, 0.4) is 0 Å². The van der Waals surface area contributed by atoms with Gasteiger partial charge in [0.2, 0.25) is 0 Å². The Hall–Kier alpha value is -1.59. The summed E-state index contributed by atoms with van der Waals surface area (Å²) in [6.45, 7) is 7.04. The van der Waals surface area contributed by atoms with Crippen molar-refractivity contribution in [2.45, 2.75) is 51.2 Å². The second-order valence-electron chi connectivity index (χ2n) is 8.86. The third-order valence-electron chi connectivity index (χ3n) is 6.63. The number of amides is 1. The van der Waals surface area contributed by atoms with E-state index in [-0.39, 0.29) is 11.9 Å². The van der Waals surface area contributed by atoms with Crippen LogP contribution in [0.4, 0.5) is 0 Å². The van der Waals surface area contributed by atoms with Gasteiger partial charge in [0.25, 0.3) is 5.91 Å². The van der Waals surface area contributed by atoms with E-state index in [4.69, 9.17) is 23.2 Å². The Balaban J connectivity index is 1.33. The van der Waals surface area contributed by atoms with Crippen molar-refractivity contribution in [3.05, 3.63) is 69.2 Å². The highest BCUT2D eigenvalue weighted by molar-refractivity contribution is 6.42. The standard InChI is InChI=1S/C25H31Cl2N3O/c1-18-6-9-20(10-7-18)25(31)28-23-4-2-3-5-24(23)30-14-12-29(13-15-30)17-19-8-11-21(26)22(27)16-19/h6-11,16,23-24H,2-5,12-15,17H2,1H3,(H,28,31). The van der Waals surface area contributed by atoms with Crippen molar-refractivity contribution in [1.29, 1.82) is 0 Å². The van der Waals surface area contributed by atoms with Crippen LogP contribution in [-0.4, -0.2) is 54.0 Å². The molecule has 31 heavy (non-hydrogen) atoms. The summed E-state index contributed by atoms with van der Waals surface area (Å²) in [7, 11) is 0. The van der Waals surface area contributed by atoms with E-state index in [1.54, 1.807) is 0 Å². The lowest BCUT2D eigenvalue weighted by atomic mass is 9.88. The minimum atomic E-state index is 0.0511. The summed E-state index contributed by atoms with van der Waals surface area (Å²) >= 11 is 12.2. The quantitative estimate of drug-likeness (QED) is 0.670. The molecular weight excluding hydrogens is 429 g/mol. The number of nitrogens with zero attached hydrogens (tertiary/aromatic N) is 2. The lowest BCUT2D eigenvalue weighted by molar-refractivity contribution is 0.0546. The minimum absolute atomic E-state index is 0.0511. The summed E-state index contributed by atoms with van der Waals surface area (Å²) < 4.78 is 0.